The topological polar surface area (TPSA) is 41.9 Å². The number of anilines is 1. The summed E-state index contributed by atoms with van der Waals surface area (Å²) in [5.41, 5.74) is 3.03. The lowest BCUT2D eigenvalue weighted by Crippen LogP contribution is -2.30. The normalized spacial score (nSPS) is 14.6. The van der Waals surface area contributed by atoms with E-state index < -0.39 is 0 Å². The van der Waals surface area contributed by atoms with Crippen molar-refractivity contribution < 1.29 is 0 Å². The molecule has 1 aliphatic rings. The van der Waals surface area contributed by atoms with Crippen LogP contribution in [0.4, 0.5) is 5.82 Å². The summed E-state index contributed by atoms with van der Waals surface area (Å²) >= 11 is 0. The SMILES string of the molecule is c1ccc(-c2cc(N3CCCCC3)nc(-c3cccnc3)n2)cc1. The Bertz CT molecular complexity index is 739. The third-order valence-electron chi connectivity index (χ3n) is 4.38. The van der Waals surface area contributed by atoms with Crippen molar-refractivity contribution in [1.82, 2.24) is 15.0 Å². The van der Waals surface area contributed by atoms with Gasteiger partial charge in [-0.3, -0.25) is 4.98 Å². The molecule has 0 aliphatic carbocycles. The standard InChI is InChI=1S/C20H20N4/c1-3-8-16(9-4-1)18-14-19(24-12-5-2-6-13-24)23-20(22-18)17-10-7-11-21-15-17/h1,3-4,7-11,14-15H,2,5-6,12-13H2. The summed E-state index contributed by atoms with van der Waals surface area (Å²) < 4.78 is 0. The van der Waals surface area contributed by atoms with Gasteiger partial charge in [0, 0.05) is 42.7 Å². The highest BCUT2D eigenvalue weighted by Crippen LogP contribution is 2.27. The van der Waals surface area contributed by atoms with E-state index in [-0.39, 0.29) is 0 Å². The highest BCUT2D eigenvalue weighted by molar-refractivity contribution is 5.67. The molecule has 3 heterocycles. The van der Waals surface area contributed by atoms with Gasteiger partial charge in [-0.1, -0.05) is 30.3 Å². The molecule has 24 heavy (non-hydrogen) atoms. The van der Waals surface area contributed by atoms with Crippen LogP contribution in [0.5, 0.6) is 0 Å². The predicted molar refractivity (Wildman–Crippen MR) is 96.8 cm³/mol. The molecule has 2 aromatic heterocycles. The summed E-state index contributed by atoms with van der Waals surface area (Å²) in [6.45, 7) is 2.13. The number of hydrogen-bond acceptors (Lipinski definition) is 4. The molecule has 4 nitrogen and oxygen atoms in total. The minimum absolute atomic E-state index is 0.741. The molecule has 0 N–H and O–H groups in total. The highest BCUT2D eigenvalue weighted by Gasteiger charge is 2.16. The Labute approximate surface area is 142 Å². The molecule has 0 saturated carbocycles. The van der Waals surface area contributed by atoms with E-state index in [1.165, 1.54) is 19.3 Å². The number of nitrogens with zero attached hydrogens (tertiary/aromatic N) is 4. The first-order valence-corrected chi connectivity index (χ1v) is 8.50. The van der Waals surface area contributed by atoms with Crippen LogP contribution in [0, 0.1) is 0 Å². The van der Waals surface area contributed by atoms with Crippen molar-refractivity contribution in [3.8, 4) is 22.6 Å². The Balaban J connectivity index is 1.81. The van der Waals surface area contributed by atoms with E-state index in [9.17, 15) is 0 Å². The third-order valence-corrected chi connectivity index (χ3v) is 4.38. The second-order valence-electron chi connectivity index (χ2n) is 6.09. The summed E-state index contributed by atoms with van der Waals surface area (Å²) in [4.78, 5) is 16.2. The van der Waals surface area contributed by atoms with Crippen LogP contribution in [0.15, 0.2) is 60.9 Å². The van der Waals surface area contributed by atoms with Gasteiger partial charge in [0.25, 0.3) is 0 Å². The van der Waals surface area contributed by atoms with Gasteiger partial charge in [0.15, 0.2) is 5.82 Å². The molecular weight excluding hydrogens is 296 g/mol. The molecule has 1 aliphatic heterocycles. The van der Waals surface area contributed by atoms with Crippen molar-refractivity contribution >= 4 is 5.82 Å². The molecule has 0 radical (unpaired) electrons. The second kappa shape index (κ2) is 6.79. The van der Waals surface area contributed by atoms with Crippen LogP contribution >= 0.6 is 0 Å². The lowest BCUT2D eigenvalue weighted by molar-refractivity contribution is 0.573. The molecule has 4 heteroatoms. The lowest BCUT2D eigenvalue weighted by atomic mass is 10.1. The Morgan fingerprint density at radius 1 is 0.792 bits per heavy atom. The van der Waals surface area contributed by atoms with E-state index in [1.807, 2.05) is 36.5 Å². The summed E-state index contributed by atoms with van der Waals surface area (Å²) in [6.07, 6.45) is 7.36. The Hall–Kier alpha value is -2.75. The number of rotatable bonds is 3. The molecule has 120 valence electrons. The fourth-order valence-electron chi connectivity index (χ4n) is 3.10. The van der Waals surface area contributed by atoms with Crippen LogP contribution in [-0.2, 0) is 0 Å². The summed E-state index contributed by atoms with van der Waals surface area (Å²) in [7, 11) is 0. The largest absolute Gasteiger partial charge is 0.356 e. The van der Waals surface area contributed by atoms with Crippen LogP contribution in [0.1, 0.15) is 19.3 Å². The zero-order chi connectivity index (χ0) is 16.2. The lowest BCUT2D eigenvalue weighted by Gasteiger charge is -2.28. The molecule has 1 fully saturated rings. The van der Waals surface area contributed by atoms with E-state index in [0.29, 0.717) is 0 Å². The number of aromatic nitrogens is 3. The predicted octanol–water partition coefficient (Wildman–Crippen LogP) is 4.20. The molecule has 1 saturated heterocycles. The summed E-state index contributed by atoms with van der Waals surface area (Å²) in [5, 5.41) is 0. The number of pyridine rings is 1. The van der Waals surface area contributed by atoms with E-state index >= 15 is 0 Å². The molecule has 0 amide bonds. The van der Waals surface area contributed by atoms with Crippen molar-refractivity contribution in [2.24, 2.45) is 0 Å². The van der Waals surface area contributed by atoms with Crippen molar-refractivity contribution in [3.63, 3.8) is 0 Å². The Kier molecular flexibility index (Phi) is 4.19. The molecule has 0 atom stereocenters. The summed E-state index contributed by atoms with van der Waals surface area (Å²) in [6, 6.07) is 16.3. The molecule has 4 rings (SSSR count). The van der Waals surface area contributed by atoms with Crippen LogP contribution < -0.4 is 4.90 Å². The van der Waals surface area contributed by atoms with Gasteiger partial charge >= 0.3 is 0 Å². The maximum Gasteiger partial charge on any atom is 0.163 e. The van der Waals surface area contributed by atoms with Gasteiger partial charge in [0.2, 0.25) is 0 Å². The van der Waals surface area contributed by atoms with Crippen LogP contribution in [0.25, 0.3) is 22.6 Å². The van der Waals surface area contributed by atoms with Gasteiger partial charge in [0.05, 0.1) is 5.69 Å². The zero-order valence-electron chi connectivity index (χ0n) is 13.6. The van der Waals surface area contributed by atoms with E-state index in [4.69, 9.17) is 9.97 Å². The average molecular weight is 316 g/mol. The Morgan fingerprint density at radius 3 is 2.33 bits per heavy atom. The van der Waals surface area contributed by atoms with Crippen LogP contribution in [0.3, 0.4) is 0 Å². The smallest absolute Gasteiger partial charge is 0.163 e. The van der Waals surface area contributed by atoms with Gasteiger partial charge in [-0.15, -0.1) is 0 Å². The van der Waals surface area contributed by atoms with E-state index in [1.54, 1.807) is 6.20 Å². The first-order valence-electron chi connectivity index (χ1n) is 8.50. The molecule has 1 aromatic carbocycles. The minimum Gasteiger partial charge on any atom is -0.356 e. The number of piperidine rings is 1. The Morgan fingerprint density at radius 2 is 1.58 bits per heavy atom. The number of hydrogen-bond donors (Lipinski definition) is 0. The third kappa shape index (κ3) is 3.13. The molecular formula is C20H20N4. The van der Waals surface area contributed by atoms with Gasteiger partial charge in [-0.2, -0.15) is 0 Å². The zero-order valence-corrected chi connectivity index (χ0v) is 13.6. The average Bonchev–Trinajstić information content (AvgIpc) is 2.70. The van der Waals surface area contributed by atoms with Crippen molar-refractivity contribution in [2.45, 2.75) is 19.3 Å². The highest BCUT2D eigenvalue weighted by atomic mass is 15.2. The fourth-order valence-corrected chi connectivity index (χ4v) is 3.10. The quantitative estimate of drug-likeness (QED) is 0.726. The molecule has 0 bridgehead atoms. The van der Waals surface area contributed by atoms with Crippen molar-refractivity contribution in [2.75, 3.05) is 18.0 Å². The summed E-state index contributed by atoms with van der Waals surface area (Å²) in [5.74, 6) is 1.76. The maximum absolute atomic E-state index is 4.83. The van der Waals surface area contributed by atoms with E-state index in [2.05, 4.69) is 28.1 Å². The maximum atomic E-state index is 4.83. The second-order valence-corrected chi connectivity index (χ2v) is 6.09. The van der Waals surface area contributed by atoms with Crippen LogP contribution in [-0.4, -0.2) is 28.0 Å². The molecule has 0 spiro atoms. The van der Waals surface area contributed by atoms with Crippen LogP contribution in [0.2, 0.25) is 0 Å². The minimum atomic E-state index is 0.741. The van der Waals surface area contributed by atoms with E-state index in [0.717, 1.165) is 41.6 Å². The van der Waals surface area contributed by atoms with Gasteiger partial charge in [-0.05, 0) is 31.4 Å². The fraction of sp³-hybridized carbons (Fsp3) is 0.250. The van der Waals surface area contributed by atoms with Crippen molar-refractivity contribution in [3.05, 3.63) is 60.9 Å². The van der Waals surface area contributed by atoms with Gasteiger partial charge in [0.1, 0.15) is 5.82 Å². The molecule has 0 unspecified atom stereocenters. The van der Waals surface area contributed by atoms with Crippen molar-refractivity contribution in [1.29, 1.82) is 0 Å². The molecule has 3 aromatic rings. The number of benzene rings is 1. The van der Waals surface area contributed by atoms with Gasteiger partial charge in [-0.25, -0.2) is 9.97 Å². The van der Waals surface area contributed by atoms with Gasteiger partial charge < -0.3 is 4.90 Å². The monoisotopic (exact) mass is 316 g/mol. The first kappa shape index (κ1) is 14.8. The first-order chi connectivity index (χ1) is 11.9.